The van der Waals surface area contributed by atoms with Gasteiger partial charge in [0.2, 0.25) is 0 Å². The number of benzene rings is 1. The number of rotatable bonds is 5. The van der Waals surface area contributed by atoms with Gasteiger partial charge in [0.1, 0.15) is 5.69 Å². The maximum Gasteiger partial charge on any atom is 0.268 e. The summed E-state index contributed by atoms with van der Waals surface area (Å²) in [4.78, 5) is 14.6. The van der Waals surface area contributed by atoms with Crippen molar-refractivity contribution in [1.82, 2.24) is 10.3 Å². The van der Waals surface area contributed by atoms with Crippen LogP contribution in [0.4, 0.5) is 0 Å². The molecule has 1 unspecified atom stereocenters. The molecule has 0 aliphatic heterocycles. The van der Waals surface area contributed by atoms with Crippen molar-refractivity contribution in [2.75, 3.05) is 0 Å². The van der Waals surface area contributed by atoms with Crippen LogP contribution < -0.4 is 11.1 Å². The summed E-state index contributed by atoms with van der Waals surface area (Å²) in [5.41, 5.74) is 7.64. The highest BCUT2D eigenvalue weighted by Gasteiger charge is 2.10. The second-order valence-corrected chi connectivity index (χ2v) is 4.19. The van der Waals surface area contributed by atoms with Gasteiger partial charge in [-0.15, -0.1) is 0 Å². The van der Waals surface area contributed by atoms with Crippen LogP contribution in [0.25, 0.3) is 0 Å². The van der Waals surface area contributed by atoms with Crippen molar-refractivity contribution in [3.05, 3.63) is 59.9 Å². The maximum absolute atomic E-state index is 11.7. The lowest BCUT2D eigenvalue weighted by Gasteiger charge is -2.13. The van der Waals surface area contributed by atoms with E-state index in [-0.39, 0.29) is 12.1 Å². The number of H-pyrrole nitrogens is 1. The average Bonchev–Trinajstić information content (AvgIpc) is 2.91. The van der Waals surface area contributed by atoms with E-state index in [2.05, 4.69) is 22.4 Å². The molecule has 1 aromatic heterocycles. The molecule has 0 aliphatic rings. The predicted molar refractivity (Wildman–Crippen MR) is 71.0 cm³/mol. The van der Waals surface area contributed by atoms with Gasteiger partial charge in [0.05, 0.1) is 6.17 Å². The maximum atomic E-state index is 11.7. The van der Waals surface area contributed by atoms with Crippen molar-refractivity contribution in [2.24, 2.45) is 5.73 Å². The van der Waals surface area contributed by atoms with Gasteiger partial charge in [-0.3, -0.25) is 4.79 Å². The number of hydrogen-bond acceptors (Lipinski definition) is 2. The van der Waals surface area contributed by atoms with Crippen LogP contribution in [-0.2, 0) is 6.42 Å². The Labute approximate surface area is 106 Å². The van der Waals surface area contributed by atoms with Crippen LogP contribution >= 0.6 is 0 Å². The Bertz CT molecular complexity index is 479. The lowest BCUT2D eigenvalue weighted by molar-refractivity contribution is 0.0932. The van der Waals surface area contributed by atoms with Crippen molar-refractivity contribution in [2.45, 2.75) is 19.0 Å². The van der Waals surface area contributed by atoms with E-state index < -0.39 is 0 Å². The Morgan fingerprint density at radius 1 is 1.22 bits per heavy atom. The lowest BCUT2D eigenvalue weighted by atomic mass is 10.1. The Morgan fingerprint density at radius 3 is 2.67 bits per heavy atom. The second kappa shape index (κ2) is 6.02. The minimum absolute atomic E-state index is 0.166. The minimum atomic E-state index is -0.332. The molecule has 1 heterocycles. The Hall–Kier alpha value is -2.07. The molecule has 94 valence electrons. The number of carbonyl (C=O) groups is 1. The van der Waals surface area contributed by atoms with Crippen LogP contribution in [0, 0.1) is 0 Å². The first kappa shape index (κ1) is 12.4. The quantitative estimate of drug-likeness (QED) is 0.699. The fourth-order valence-corrected chi connectivity index (χ4v) is 1.76. The number of nitrogens with two attached hydrogens (primary N) is 1. The molecule has 0 spiro atoms. The third-order valence-corrected chi connectivity index (χ3v) is 2.75. The van der Waals surface area contributed by atoms with Gasteiger partial charge in [0.25, 0.3) is 5.91 Å². The number of aromatic amines is 1. The highest BCUT2D eigenvalue weighted by Crippen LogP contribution is 2.03. The smallest absolute Gasteiger partial charge is 0.268 e. The molecule has 0 saturated heterocycles. The Kier molecular flexibility index (Phi) is 4.15. The van der Waals surface area contributed by atoms with Crippen LogP contribution in [0.15, 0.2) is 48.7 Å². The molecule has 4 N–H and O–H groups in total. The summed E-state index contributed by atoms with van der Waals surface area (Å²) in [6.07, 6.45) is 2.95. The van der Waals surface area contributed by atoms with Gasteiger partial charge in [0, 0.05) is 6.20 Å². The molecule has 0 radical (unpaired) electrons. The van der Waals surface area contributed by atoms with Crippen LogP contribution in [0.2, 0.25) is 0 Å². The monoisotopic (exact) mass is 243 g/mol. The summed E-state index contributed by atoms with van der Waals surface area (Å²) in [5.74, 6) is -0.166. The third kappa shape index (κ3) is 3.46. The van der Waals surface area contributed by atoms with E-state index in [0.717, 1.165) is 12.8 Å². The standard InChI is InChI=1S/C14H17N3O/c15-13(9-8-11-5-2-1-3-6-11)17-14(18)12-7-4-10-16-12/h1-7,10,13,16H,8-9,15H2,(H,17,18). The van der Waals surface area contributed by atoms with Crippen LogP contribution in [-0.4, -0.2) is 17.1 Å². The first-order valence-corrected chi connectivity index (χ1v) is 5.99. The summed E-state index contributed by atoms with van der Waals surface area (Å²) in [5, 5.41) is 2.76. The van der Waals surface area contributed by atoms with E-state index in [0.29, 0.717) is 5.69 Å². The number of amides is 1. The first-order valence-electron chi connectivity index (χ1n) is 5.99. The fourth-order valence-electron chi connectivity index (χ4n) is 1.76. The summed E-state index contributed by atoms with van der Waals surface area (Å²) < 4.78 is 0. The number of aryl methyl sites for hydroxylation is 1. The molecule has 2 aromatic rings. The van der Waals surface area contributed by atoms with Crippen molar-refractivity contribution in [3.63, 3.8) is 0 Å². The molecule has 0 saturated carbocycles. The van der Waals surface area contributed by atoms with E-state index in [1.807, 2.05) is 18.2 Å². The molecular formula is C14H17N3O. The zero-order valence-electron chi connectivity index (χ0n) is 10.1. The number of hydrogen-bond donors (Lipinski definition) is 3. The normalized spacial score (nSPS) is 12.1. The largest absolute Gasteiger partial charge is 0.357 e. The van der Waals surface area contributed by atoms with E-state index in [1.165, 1.54) is 5.56 Å². The van der Waals surface area contributed by atoms with Crippen molar-refractivity contribution < 1.29 is 4.79 Å². The van der Waals surface area contributed by atoms with Gasteiger partial charge >= 0.3 is 0 Å². The van der Waals surface area contributed by atoms with Crippen molar-refractivity contribution >= 4 is 5.91 Å². The van der Waals surface area contributed by atoms with E-state index in [1.54, 1.807) is 18.3 Å². The van der Waals surface area contributed by atoms with Gasteiger partial charge in [-0.2, -0.15) is 0 Å². The van der Waals surface area contributed by atoms with Gasteiger partial charge in [-0.05, 0) is 30.5 Å². The van der Waals surface area contributed by atoms with Crippen LogP contribution in [0.5, 0.6) is 0 Å². The van der Waals surface area contributed by atoms with Crippen LogP contribution in [0.1, 0.15) is 22.5 Å². The summed E-state index contributed by atoms with van der Waals surface area (Å²) in [7, 11) is 0. The number of carbonyl (C=O) groups excluding carboxylic acids is 1. The molecule has 0 bridgehead atoms. The zero-order valence-corrected chi connectivity index (χ0v) is 10.1. The zero-order chi connectivity index (χ0) is 12.8. The highest BCUT2D eigenvalue weighted by molar-refractivity contribution is 5.92. The van der Waals surface area contributed by atoms with Gasteiger partial charge in [0.15, 0.2) is 0 Å². The molecule has 0 fully saturated rings. The van der Waals surface area contributed by atoms with E-state index in [4.69, 9.17) is 5.73 Å². The minimum Gasteiger partial charge on any atom is -0.357 e. The summed E-state index contributed by atoms with van der Waals surface area (Å²) in [6, 6.07) is 13.6. The van der Waals surface area contributed by atoms with Crippen molar-refractivity contribution in [3.8, 4) is 0 Å². The van der Waals surface area contributed by atoms with Gasteiger partial charge in [-0.1, -0.05) is 30.3 Å². The molecule has 0 aliphatic carbocycles. The lowest BCUT2D eigenvalue weighted by Crippen LogP contribution is -2.41. The molecule has 1 amide bonds. The topological polar surface area (TPSA) is 70.9 Å². The first-order chi connectivity index (χ1) is 8.75. The summed E-state index contributed by atoms with van der Waals surface area (Å²) in [6.45, 7) is 0. The van der Waals surface area contributed by atoms with E-state index in [9.17, 15) is 4.79 Å². The molecule has 4 heteroatoms. The molecule has 18 heavy (non-hydrogen) atoms. The number of nitrogens with one attached hydrogen (secondary N) is 2. The average molecular weight is 243 g/mol. The molecular weight excluding hydrogens is 226 g/mol. The molecule has 4 nitrogen and oxygen atoms in total. The molecule has 1 aromatic carbocycles. The third-order valence-electron chi connectivity index (χ3n) is 2.75. The Morgan fingerprint density at radius 2 is 2.00 bits per heavy atom. The predicted octanol–water partition coefficient (Wildman–Crippen LogP) is 1.66. The molecule has 1 atom stereocenters. The highest BCUT2D eigenvalue weighted by atomic mass is 16.2. The van der Waals surface area contributed by atoms with Gasteiger partial charge in [-0.25, -0.2) is 0 Å². The van der Waals surface area contributed by atoms with E-state index >= 15 is 0 Å². The molecule has 2 rings (SSSR count). The fraction of sp³-hybridized carbons (Fsp3) is 0.214. The number of aromatic nitrogens is 1. The Balaban J connectivity index is 1.79. The SMILES string of the molecule is NC(CCc1ccccc1)NC(=O)c1ccc[nH]1. The van der Waals surface area contributed by atoms with Crippen LogP contribution in [0.3, 0.4) is 0 Å². The summed E-state index contributed by atoms with van der Waals surface area (Å²) >= 11 is 0. The second-order valence-electron chi connectivity index (χ2n) is 4.19. The van der Waals surface area contributed by atoms with Crippen molar-refractivity contribution in [1.29, 1.82) is 0 Å². The van der Waals surface area contributed by atoms with Gasteiger partial charge < -0.3 is 16.0 Å².